The number of anilines is 2. The number of hydrogen-bond acceptors (Lipinski definition) is 9. The highest BCUT2D eigenvalue weighted by Crippen LogP contribution is 2.38. The molecule has 1 saturated heterocycles. The molecule has 0 saturated carbocycles. The van der Waals surface area contributed by atoms with Crippen molar-refractivity contribution < 1.29 is 17.9 Å². The van der Waals surface area contributed by atoms with Crippen LogP contribution in [0.15, 0.2) is 41.6 Å². The molecular weight excluding hydrogens is 518 g/mol. The summed E-state index contributed by atoms with van der Waals surface area (Å²) < 4.78 is 35.7. The van der Waals surface area contributed by atoms with Gasteiger partial charge in [-0.2, -0.15) is 0 Å². The minimum absolute atomic E-state index is 0.0322. The third-order valence-electron chi connectivity index (χ3n) is 6.48. The molecule has 1 aliphatic rings. The van der Waals surface area contributed by atoms with E-state index in [2.05, 4.69) is 61.2 Å². The average molecular weight is 556 g/mol. The van der Waals surface area contributed by atoms with Crippen LogP contribution in [-0.2, 0) is 10.0 Å². The number of hydrogen-bond donors (Lipinski definition) is 2. The minimum Gasteiger partial charge on any atom is -0.476 e. The Balaban J connectivity index is 1.74. The van der Waals surface area contributed by atoms with Crippen molar-refractivity contribution in [2.45, 2.75) is 65.3 Å². The molecule has 4 rings (SSSR count). The van der Waals surface area contributed by atoms with Crippen LogP contribution in [0.25, 0.3) is 5.82 Å². The quantitative estimate of drug-likeness (QED) is 0.445. The molecule has 0 aromatic carbocycles. The molecule has 1 aliphatic heterocycles. The van der Waals surface area contributed by atoms with E-state index >= 15 is 0 Å². The van der Waals surface area contributed by atoms with Gasteiger partial charge in [0, 0.05) is 30.0 Å². The van der Waals surface area contributed by atoms with E-state index in [-0.39, 0.29) is 27.2 Å². The van der Waals surface area contributed by atoms with E-state index in [0.29, 0.717) is 36.6 Å². The minimum atomic E-state index is -4.27. The molecule has 0 unspecified atom stereocenters. The largest absolute Gasteiger partial charge is 0.476 e. The molecule has 3 aromatic rings. The highest BCUT2D eigenvalue weighted by Gasteiger charge is 2.39. The molecule has 210 valence electrons. The van der Waals surface area contributed by atoms with Crippen LogP contribution < -0.4 is 20.1 Å². The summed E-state index contributed by atoms with van der Waals surface area (Å²) in [5, 5.41) is 4.58. The van der Waals surface area contributed by atoms with Gasteiger partial charge in [0.15, 0.2) is 5.82 Å². The molecule has 1 amide bonds. The van der Waals surface area contributed by atoms with Crippen LogP contribution in [-0.4, -0.2) is 52.8 Å². The van der Waals surface area contributed by atoms with Crippen molar-refractivity contribution in [3.05, 3.63) is 47.8 Å². The molecule has 12 heteroatoms. The van der Waals surface area contributed by atoms with Crippen LogP contribution in [0.3, 0.4) is 0 Å². The van der Waals surface area contributed by atoms with E-state index in [4.69, 9.17) is 15.5 Å². The maximum Gasteiger partial charge on any atom is 0.268 e. The normalized spacial score (nSPS) is 17.3. The molecule has 3 N–H and O–H groups in total. The zero-order valence-electron chi connectivity index (χ0n) is 23.5. The first-order valence-corrected chi connectivity index (χ1v) is 14.3. The number of pyridine rings is 2. The first-order chi connectivity index (χ1) is 18.1. The molecule has 0 bridgehead atoms. The van der Waals surface area contributed by atoms with Crippen molar-refractivity contribution in [1.29, 1.82) is 0 Å². The van der Waals surface area contributed by atoms with Crippen molar-refractivity contribution in [3.8, 4) is 11.7 Å². The number of amides is 1. The Hall–Kier alpha value is -3.67. The van der Waals surface area contributed by atoms with Gasteiger partial charge in [-0.15, -0.1) is 5.10 Å². The maximum atomic E-state index is 13.4. The second-order valence-electron chi connectivity index (χ2n) is 12.0. The zero-order chi connectivity index (χ0) is 28.8. The molecule has 0 spiro atoms. The van der Waals surface area contributed by atoms with Crippen molar-refractivity contribution in [3.63, 3.8) is 0 Å². The molecule has 1 fully saturated rings. The van der Waals surface area contributed by atoms with Crippen LogP contribution in [0.1, 0.15) is 63.9 Å². The van der Waals surface area contributed by atoms with Crippen LogP contribution in [0.2, 0.25) is 0 Å². The van der Waals surface area contributed by atoms with Crippen molar-refractivity contribution >= 4 is 27.6 Å². The number of nitrogen functional groups attached to an aromatic ring is 1. The third kappa shape index (κ3) is 6.16. The number of aryl methyl sites for hydroxylation is 1. The summed E-state index contributed by atoms with van der Waals surface area (Å²) >= 11 is 0. The molecule has 11 nitrogen and oxygen atoms in total. The molecule has 0 aliphatic carbocycles. The lowest BCUT2D eigenvalue weighted by Gasteiger charge is -2.34. The van der Waals surface area contributed by atoms with Crippen molar-refractivity contribution in [2.75, 3.05) is 23.8 Å². The lowest BCUT2D eigenvalue weighted by molar-refractivity contribution is 0.0981. The van der Waals surface area contributed by atoms with Crippen LogP contribution in [0.5, 0.6) is 5.88 Å². The second-order valence-corrected chi connectivity index (χ2v) is 13.7. The van der Waals surface area contributed by atoms with Gasteiger partial charge in [-0.05, 0) is 62.8 Å². The summed E-state index contributed by atoms with van der Waals surface area (Å²) in [4.78, 5) is 23.9. The fourth-order valence-electron chi connectivity index (χ4n) is 4.76. The number of carbonyl (C=O) groups excluding carboxylic acids is 1. The summed E-state index contributed by atoms with van der Waals surface area (Å²) in [6.07, 6.45) is 4.08. The van der Waals surface area contributed by atoms with E-state index in [0.717, 1.165) is 12.0 Å². The number of sulfonamides is 1. The first kappa shape index (κ1) is 28.3. The molecule has 3 aromatic heterocycles. The highest BCUT2D eigenvalue weighted by molar-refractivity contribution is 7.90. The Bertz CT molecular complexity index is 1490. The average Bonchev–Trinajstić information content (AvgIpc) is 3.33. The van der Waals surface area contributed by atoms with Gasteiger partial charge in [-0.25, -0.2) is 27.8 Å². The van der Waals surface area contributed by atoms with E-state index in [9.17, 15) is 13.2 Å². The van der Waals surface area contributed by atoms with Crippen molar-refractivity contribution in [1.82, 2.24) is 24.5 Å². The van der Waals surface area contributed by atoms with Crippen LogP contribution in [0, 0.1) is 18.3 Å². The summed E-state index contributed by atoms with van der Waals surface area (Å²) in [6.45, 7) is 15.6. The monoisotopic (exact) mass is 555 g/mol. The molecule has 0 radical (unpaired) electrons. The standard InChI is InChI=1S/C27H37N7O4S/c1-17-13-27(6,7)33(14-17)23-19(24(35)32-39(36,37)20-9-8-12-29-22(20)28)10-11-21(30-23)34-15-18(2)25(31-34)38-16-26(3,4)5/h8-12,15,17H,13-14,16H2,1-7H3,(H2,28,29)(H,32,35)/t17-/m0/s1. The second kappa shape index (κ2) is 10.1. The van der Waals surface area contributed by atoms with Gasteiger partial charge in [0.1, 0.15) is 16.5 Å². The zero-order valence-corrected chi connectivity index (χ0v) is 24.3. The van der Waals surface area contributed by atoms with Gasteiger partial charge >= 0.3 is 0 Å². The predicted molar refractivity (Wildman–Crippen MR) is 150 cm³/mol. The molecule has 4 heterocycles. The predicted octanol–water partition coefficient (Wildman–Crippen LogP) is 3.72. The fourth-order valence-corrected chi connectivity index (χ4v) is 5.81. The number of nitrogens with one attached hydrogen (secondary N) is 1. The SMILES string of the molecule is Cc1cn(-c2ccc(C(=O)NS(=O)(=O)c3cccnc3N)c(N3C[C@@H](C)CC3(C)C)n2)nc1OCC(C)(C)C. The summed E-state index contributed by atoms with van der Waals surface area (Å²) in [5.41, 5.74) is 6.39. The number of carbonyl (C=O) groups is 1. The van der Waals surface area contributed by atoms with Gasteiger partial charge < -0.3 is 15.4 Å². The Labute approximate surface area is 229 Å². The van der Waals surface area contributed by atoms with Gasteiger partial charge in [-0.1, -0.05) is 27.7 Å². The number of aromatic nitrogens is 4. The van der Waals surface area contributed by atoms with E-state index in [1.807, 2.05) is 13.1 Å². The molecular formula is C27H37N7O4S. The fraction of sp³-hybridized carbons (Fsp3) is 0.481. The summed E-state index contributed by atoms with van der Waals surface area (Å²) in [7, 11) is -4.27. The Kier molecular flexibility index (Phi) is 7.37. The lowest BCUT2D eigenvalue weighted by atomic mass is 9.97. The number of rotatable bonds is 7. The summed E-state index contributed by atoms with van der Waals surface area (Å²) in [5.74, 6) is 0.701. The van der Waals surface area contributed by atoms with Gasteiger partial charge in [-0.3, -0.25) is 4.79 Å². The highest BCUT2D eigenvalue weighted by atomic mass is 32.2. The Morgan fingerprint density at radius 3 is 2.59 bits per heavy atom. The van der Waals surface area contributed by atoms with Gasteiger partial charge in [0.25, 0.3) is 15.9 Å². The lowest BCUT2D eigenvalue weighted by Crippen LogP contribution is -2.41. The van der Waals surface area contributed by atoms with Crippen LogP contribution in [0.4, 0.5) is 11.6 Å². The van der Waals surface area contributed by atoms with E-state index in [1.54, 1.807) is 16.8 Å². The first-order valence-electron chi connectivity index (χ1n) is 12.8. The topological polar surface area (TPSA) is 145 Å². The Morgan fingerprint density at radius 2 is 1.97 bits per heavy atom. The number of ether oxygens (including phenoxy) is 1. The number of nitrogens with zero attached hydrogens (tertiary/aromatic N) is 5. The van der Waals surface area contributed by atoms with Crippen molar-refractivity contribution in [2.24, 2.45) is 11.3 Å². The molecule has 1 atom stereocenters. The maximum absolute atomic E-state index is 13.4. The van der Waals surface area contributed by atoms with Crippen LogP contribution >= 0.6 is 0 Å². The van der Waals surface area contributed by atoms with Gasteiger partial charge in [0.05, 0.1) is 12.2 Å². The Morgan fingerprint density at radius 1 is 1.26 bits per heavy atom. The third-order valence-corrected chi connectivity index (χ3v) is 7.86. The van der Waals surface area contributed by atoms with Gasteiger partial charge in [0.2, 0.25) is 5.88 Å². The molecule has 39 heavy (non-hydrogen) atoms. The van der Waals surface area contributed by atoms with E-state index in [1.165, 1.54) is 18.3 Å². The number of nitrogens with two attached hydrogens (primary N) is 1. The summed E-state index contributed by atoms with van der Waals surface area (Å²) in [6, 6.07) is 5.94. The smallest absolute Gasteiger partial charge is 0.268 e. The van der Waals surface area contributed by atoms with E-state index < -0.39 is 15.9 Å².